The average Bonchev–Trinajstić information content (AvgIpc) is 2.50. The average molecular weight is 318 g/mol. The minimum absolute atomic E-state index is 0.0724. The van der Waals surface area contributed by atoms with Crippen LogP contribution in [0.4, 0.5) is 0 Å². The van der Waals surface area contributed by atoms with E-state index < -0.39 is 0 Å². The maximum Gasteiger partial charge on any atom is 0.225 e. The molecule has 23 heavy (non-hydrogen) atoms. The zero-order chi connectivity index (χ0) is 16.9. The summed E-state index contributed by atoms with van der Waals surface area (Å²) >= 11 is 0. The molecule has 1 saturated carbocycles. The fourth-order valence-corrected chi connectivity index (χ4v) is 3.11. The molecule has 1 amide bonds. The summed E-state index contributed by atoms with van der Waals surface area (Å²) in [6.45, 7) is 7.46. The number of carbonyl (C=O) groups excluding carboxylic acids is 1. The number of rotatable bonds is 6. The highest BCUT2D eigenvalue weighted by atomic mass is 16.5. The number of nitrogens with two attached hydrogens (primary N) is 1. The summed E-state index contributed by atoms with van der Waals surface area (Å²) in [6, 6.07) is 7.91. The van der Waals surface area contributed by atoms with Gasteiger partial charge in [-0.05, 0) is 43.4 Å². The second kappa shape index (κ2) is 7.82. The molecule has 0 heterocycles. The van der Waals surface area contributed by atoms with E-state index >= 15 is 0 Å². The van der Waals surface area contributed by atoms with Crippen molar-refractivity contribution in [3.8, 4) is 5.75 Å². The molecule has 1 aliphatic carbocycles. The molecule has 128 valence electrons. The fourth-order valence-electron chi connectivity index (χ4n) is 3.11. The number of benzene rings is 1. The molecular weight excluding hydrogens is 288 g/mol. The second-order valence-corrected chi connectivity index (χ2v) is 7.37. The second-order valence-electron chi connectivity index (χ2n) is 7.37. The lowest BCUT2D eigenvalue weighted by atomic mass is 9.74. The Bertz CT molecular complexity index is 526. The molecule has 0 spiro atoms. The van der Waals surface area contributed by atoms with Gasteiger partial charge in [-0.25, -0.2) is 0 Å². The van der Waals surface area contributed by atoms with Gasteiger partial charge in [-0.1, -0.05) is 38.8 Å². The first-order valence-corrected chi connectivity index (χ1v) is 8.67. The van der Waals surface area contributed by atoms with Crippen LogP contribution in [-0.2, 0) is 11.3 Å². The first kappa shape index (κ1) is 17.8. The van der Waals surface area contributed by atoms with Gasteiger partial charge in [0.05, 0.1) is 12.5 Å². The van der Waals surface area contributed by atoms with E-state index in [1.165, 1.54) is 0 Å². The lowest BCUT2D eigenvalue weighted by Crippen LogP contribution is -2.52. The van der Waals surface area contributed by atoms with E-state index in [1.54, 1.807) is 0 Å². The Balaban J connectivity index is 1.90. The van der Waals surface area contributed by atoms with Crippen LogP contribution in [0.1, 0.15) is 52.0 Å². The van der Waals surface area contributed by atoms with E-state index in [0.29, 0.717) is 19.1 Å². The lowest BCUT2D eigenvalue weighted by Gasteiger charge is -2.37. The quantitative estimate of drug-likeness (QED) is 0.846. The van der Waals surface area contributed by atoms with Gasteiger partial charge in [-0.3, -0.25) is 4.79 Å². The molecular formula is C19H30N2O2. The zero-order valence-corrected chi connectivity index (χ0v) is 14.6. The summed E-state index contributed by atoms with van der Waals surface area (Å²) in [5.41, 5.74) is 6.97. The molecule has 1 aromatic carbocycles. The molecule has 2 atom stereocenters. The Hall–Kier alpha value is -1.55. The molecule has 0 radical (unpaired) electrons. The van der Waals surface area contributed by atoms with Gasteiger partial charge in [0.1, 0.15) is 5.75 Å². The molecule has 1 fully saturated rings. The van der Waals surface area contributed by atoms with Crippen molar-refractivity contribution in [2.45, 2.75) is 58.5 Å². The van der Waals surface area contributed by atoms with Crippen LogP contribution in [0.25, 0.3) is 0 Å². The molecule has 0 aliphatic heterocycles. The first-order chi connectivity index (χ1) is 10.9. The molecule has 0 saturated heterocycles. The van der Waals surface area contributed by atoms with Gasteiger partial charge in [0.2, 0.25) is 5.91 Å². The van der Waals surface area contributed by atoms with Crippen molar-refractivity contribution in [1.29, 1.82) is 0 Å². The molecule has 2 rings (SSSR count). The van der Waals surface area contributed by atoms with Crippen LogP contribution in [0.3, 0.4) is 0 Å². The highest BCUT2D eigenvalue weighted by molar-refractivity contribution is 5.80. The molecule has 1 aromatic rings. The predicted molar refractivity (Wildman–Crippen MR) is 93.2 cm³/mol. The summed E-state index contributed by atoms with van der Waals surface area (Å²) in [4.78, 5) is 12.5. The van der Waals surface area contributed by atoms with Crippen LogP contribution in [-0.4, -0.2) is 18.1 Å². The maximum atomic E-state index is 12.5. The highest BCUT2D eigenvalue weighted by Gasteiger charge is 2.37. The number of hydrogen-bond donors (Lipinski definition) is 2. The number of nitrogens with one attached hydrogen (secondary N) is 1. The van der Waals surface area contributed by atoms with Crippen molar-refractivity contribution in [3.05, 3.63) is 29.8 Å². The van der Waals surface area contributed by atoms with Crippen LogP contribution in [0, 0.1) is 11.8 Å². The fraction of sp³-hybridized carbons (Fsp3) is 0.632. The summed E-state index contributed by atoms with van der Waals surface area (Å²) in [6.07, 6.45) is 4.01. The highest BCUT2D eigenvalue weighted by Crippen LogP contribution is 2.31. The summed E-state index contributed by atoms with van der Waals surface area (Å²) in [7, 11) is 0. The maximum absolute atomic E-state index is 12.5. The zero-order valence-electron chi connectivity index (χ0n) is 14.6. The van der Waals surface area contributed by atoms with Gasteiger partial charge in [0.15, 0.2) is 0 Å². The largest absolute Gasteiger partial charge is 0.493 e. The minimum Gasteiger partial charge on any atom is -0.493 e. The smallest absolute Gasteiger partial charge is 0.225 e. The van der Waals surface area contributed by atoms with Gasteiger partial charge >= 0.3 is 0 Å². The van der Waals surface area contributed by atoms with E-state index in [-0.39, 0.29) is 17.4 Å². The Labute approximate surface area is 139 Å². The third-order valence-electron chi connectivity index (χ3n) is 4.52. The normalized spacial score (nSPS) is 24.5. The molecule has 4 nitrogen and oxygen atoms in total. The molecule has 0 aromatic heterocycles. The molecule has 0 bridgehead atoms. The van der Waals surface area contributed by atoms with Gasteiger partial charge in [-0.2, -0.15) is 0 Å². The SMILES string of the molecule is CC(C)COc1cccc(CNC(=O)C2CCCCC2(C)N)c1. The van der Waals surface area contributed by atoms with Crippen molar-refractivity contribution < 1.29 is 9.53 Å². The molecule has 4 heteroatoms. The van der Waals surface area contributed by atoms with E-state index in [2.05, 4.69) is 19.2 Å². The topological polar surface area (TPSA) is 64.3 Å². The Kier molecular flexibility index (Phi) is 6.05. The monoisotopic (exact) mass is 318 g/mol. The van der Waals surface area contributed by atoms with E-state index in [9.17, 15) is 4.79 Å². The van der Waals surface area contributed by atoms with Gasteiger partial charge < -0.3 is 15.8 Å². The van der Waals surface area contributed by atoms with Gasteiger partial charge in [0.25, 0.3) is 0 Å². The molecule has 2 unspecified atom stereocenters. The van der Waals surface area contributed by atoms with Crippen LogP contribution in [0.5, 0.6) is 5.75 Å². The summed E-state index contributed by atoms with van der Waals surface area (Å²) < 4.78 is 5.73. The minimum atomic E-state index is -0.384. The molecule has 3 N–H and O–H groups in total. The van der Waals surface area contributed by atoms with Crippen molar-refractivity contribution in [3.63, 3.8) is 0 Å². The van der Waals surface area contributed by atoms with Gasteiger partial charge in [-0.15, -0.1) is 0 Å². The van der Waals surface area contributed by atoms with Crippen LogP contribution in [0.2, 0.25) is 0 Å². The molecule has 1 aliphatic rings. The third-order valence-corrected chi connectivity index (χ3v) is 4.52. The standard InChI is InChI=1S/C19H30N2O2/c1-14(2)13-23-16-8-6-7-15(11-16)12-21-18(22)17-9-4-5-10-19(17,3)20/h6-8,11,14,17H,4-5,9-10,12-13,20H2,1-3H3,(H,21,22). The number of amides is 1. The van der Waals surface area contributed by atoms with Gasteiger partial charge in [0, 0.05) is 12.1 Å². The Morgan fingerprint density at radius 3 is 2.91 bits per heavy atom. The van der Waals surface area contributed by atoms with Crippen LogP contribution < -0.4 is 15.8 Å². The summed E-state index contributed by atoms with van der Waals surface area (Å²) in [5.74, 6) is 1.33. The Morgan fingerprint density at radius 2 is 2.22 bits per heavy atom. The predicted octanol–water partition coefficient (Wildman–Crippen LogP) is 3.25. The number of hydrogen-bond acceptors (Lipinski definition) is 3. The third kappa shape index (κ3) is 5.24. The van der Waals surface area contributed by atoms with Crippen LogP contribution in [0.15, 0.2) is 24.3 Å². The first-order valence-electron chi connectivity index (χ1n) is 8.67. The van der Waals surface area contributed by atoms with E-state index in [0.717, 1.165) is 37.0 Å². The van der Waals surface area contributed by atoms with Crippen LogP contribution >= 0.6 is 0 Å². The Morgan fingerprint density at radius 1 is 1.43 bits per heavy atom. The number of ether oxygens (including phenoxy) is 1. The van der Waals surface area contributed by atoms with Crippen molar-refractivity contribution in [1.82, 2.24) is 5.32 Å². The lowest BCUT2D eigenvalue weighted by molar-refractivity contribution is -0.128. The van der Waals surface area contributed by atoms with Crippen molar-refractivity contribution >= 4 is 5.91 Å². The van der Waals surface area contributed by atoms with E-state index in [1.807, 2.05) is 31.2 Å². The number of carbonyl (C=O) groups is 1. The van der Waals surface area contributed by atoms with Crippen molar-refractivity contribution in [2.75, 3.05) is 6.61 Å². The van der Waals surface area contributed by atoms with Crippen molar-refractivity contribution in [2.24, 2.45) is 17.6 Å². The van der Waals surface area contributed by atoms with E-state index in [4.69, 9.17) is 10.5 Å². The summed E-state index contributed by atoms with van der Waals surface area (Å²) in [5, 5.41) is 3.04.